The van der Waals surface area contributed by atoms with Crippen molar-refractivity contribution in [2.45, 2.75) is 6.54 Å². The predicted molar refractivity (Wildman–Crippen MR) is 67.3 cm³/mol. The maximum absolute atomic E-state index is 5.53. The van der Waals surface area contributed by atoms with Crippen LogP contribution in [-0.4, -0.2) is 9.97 Å². The van der Waals surface area contributed by atoms with E-state index in [4.69, 9.17) is 5.73 Å². The highest BCUT2D eigenvalue weighted by Crippen LogP contribution is 2.22. The van der Waals surface area contributed by atoms with Gasteiger partial charge < -0.3 is 11.1 Å². The minimum absolute atomic E-state index is 0.553. The number of nitrogens with zero attached hydrogens (tertiary/aromatic N) is 2. The predicted octanol–water partition coefficient (Wildman–Crippen LogP) is 2.44. The molecule has 0 aliphatic rings. The normalized spacial score (nSPS) is 10.1. The lowest BCUT2D eigenvalue weighted by Crippen LogP contribution is -1.98. The van der Waals surface area contributed by atoms with Gasteiger partial charge in [-0.3, -0.25) is 0 Å². The zero-order valence-corrected chi connectivity index (χ0v) is 10.1. The average molecular weight is 279 g/mol. The molecule has 5 heteroatoms. The van der Waals surface area contributed by atoms with Crippen LogP contribution < -0.4 is 11.1 Å². The monoisotopic (exact) mass is 278 g/mol. The topological polar surface area (TPSA) is 63.8 Å². The third-order valence-electron chi connectivity index (χ3n) is 2.12. The Hall–Kier alpha value is -1.46. The minimum Gasteiger partial charge on any atom is -0.339 e. The van der Waals surface area contributed by atoms with Crippen molar-refractivity contribution in [1.82, 2.24) is 9.97 Å². The summed E-state index contributed by atoms with van der Waals surface area (Å²) < 4.78 is 0.831. The molecular formula is C11H11BrN4. The number of rotatable bonds is 3. The van der Waals surface area contributed by atoms with E-state index < -0.39 is 0 Å². The molecule has 0 aliphatic carbocycles. The zero-order valence-electron chi connectivity index (χ0n) is 8.52. The van der Waals surface area contributed by atoms with Crippen LogP contribution in [0.15, 0.2) is 41.3 Å². The first kappa shape index (κ1) is 11.0. The molecule has 0 fully saturated rings. The molecule has 0 saturated carbocycles. The van der Waals surface area contributed by atoms with Crippen molar-refractivity contribution in [2.75, 3.05) is 5.32 Å². The smallest absolute Gasteiger partial charge is 0.148 e. The Morgan fingerprint density at radius 3 is 2.62 bits per heavy atom. The molecule has 82 valence electrons. The van der Waals surface area contributed by atoms with Crippen LogP contribution in [0.4, 0.5) is 11.5 Å². The lowest BCUT2D eigenvalue weighted by atomic mass is 10.2. The summed E-state index contributed by atoms with van der Waals surface area (Å²) in [6.07, 6.45) is 3.20. The van der Waals surface area contributed by atoms with Crippen LogP contribution in [0.5, 0.6) is 0 Å². The summed E-state index contributed by atoms with van der Waals surface area (Å²) in [6.45, 7) is 0.553. The van der Waals surface area contributed by atoms with E-state index in [0.29, 0.717) is 6.54 Å². The van der Waals surface area contributed by atoms with E-state index in [2.05, 4.69) is 31.2 Å². The highest BCUT2D eigenvalue weighted by atomic mass is 79.9. The van der Waals surface area contributed by atoms with Crippen LogP contribution >= 0.6 is 15.9 Å². The van der Waals surface area contributed by atoms with E-state index >= 15 is 0 Å². The molecule has 3 N–H and O–H groups in total. The first-order valence-electron chi connectivity index (χ1n) is 4.81. The molecule has 1 aromatic carbocycles. The van der Waals surface area contributed by atoms with Gasteiger partial charge in [0, 0.05) is 18.4 Å². The highest BCUT2D eigenvalue weighted by molar-refractivity contribution is 9.10. The van der Waals surface area contributed by atoms with Crippen molar-refractivity contribution >= 4 is 27.4 Å². The Bertz CT molecular complexity index is 470. The fourth-order valence-electron chi connectivity index (χ4n) is 1.27. The van der Waals surface area contributed by atoms with Crippen LogP contribution in [-0.2, 0) is 6.54 Å². The molecule has 0 aliphatic heterocycles. The van der Waals surface area contributed by atoms with E-state index in [-0.39, 0.29) is 0 Å². The van der Waals surface area contributed by atoms with Gasteiger partial charge in [-0.15, -0.1) is 0 Å². The van der Waals surface area contributed by atoms with Crippen molar-refractivity contribution in [3.63, 3.8) is 0 Å². The lowest BCUT2D eigenvalue weighted by molar-refractivity contribution is 1.07. The summed E-state index contributed by atoms with van der Waals surface area (Å²) in [5.74, 6) is 0.746. The Kier molecular flexibility index (Phi) is 3.48. The van der Waals surface area contributed by atoms with Crippen molar-refractivity contribution < 1.29 is 0 Å². The zero-order chi connectivity index (χ0) is 11.4. The van der Waals surface area contributed by atoms with E-state index in [1.807, 2.05) is 24.3 Å². The number of nitrogens with two attached hydrogens (primary N) is 1. The first-order valence-corrected chi connectivity index (χ1v) is 5.60. The average Bonchev–Trinajstić information content (AvgIpc) is 2.33. The van der Waals surface area contributed by atoms with E-state index in [1.54, 1.807) is 6.20 Å². The van der Waals surface area contributed by atoms with Gasteiger partial charge in [0.15, 0.2) is 0 Å². The largest absolute Gasteiger partial charge is 0.339 e. The fourth-order valence-corrected chi connectivity index (χ4v) is 1.59. The molecule has 1 aromatic heterocycles. The van der Waals surface area contributed by atoms with Gasteiger partial charge in [-0.1, -0.05) is 12.1 Å². The SMILES string of the molecule is NCc1ccc(Nc2ncncc2Br)cc1. The second-order valence-electron chi connectivity index (χ2n) is 3.25. The standard InChI is InChI=1S/C11H11BrN4/c12-10-6-14-7-15-11(10)16-9-3-1-8(5-13)2-4-9/h1-4,6-7H,5,13H2,(H,14,15,16). The molecule has 0 bridgehead atoms. The van der Waals surface area contributed by atoms with Gasteiger partial charge >= 0.3 is 0 Å². The maximum Gasteiger partial charge on any atom is 0.148 e. The van der Waals surface area contributed by atoms with Crippen molar-refractivity contribution in [2.24, 2.45) is 5.73 Å². The first-order chi connectivity index (χ1) is 7.79. The van der Waals surface area contributed by atoms with Gasteiger partial charge in [0.1, 0.15) is 12.1 Å². The van der Waals surface area contributed by atoms with Crippen molar-refractivity contribution in [3.8, 4) is 0 Å². The minimum atomic E-state index is 0.553. The molecule has 16 heavy (non-hydrogen) atoms. The second kappa shape index (κ2) is 5.05. The molecule has 0 radical (unpaired) electrons. The summed E-state index contributed by atoms with van der Waals surface area (Å²) in [6, 6.07) is 7.91. The molecule has 0 spiro atoms. The second-order valence-corrected chi connectivity index (χ2v) is 4.10. The third kappa shape index (κ3) is 2.56. The van der Waals surface area contributed by atoms with Crippen LogP contribution in [0, 0.1) is 0 Å². The molecule has 0 amide bonds. The number of hydrogen-bond acceptors (Lipinski definition) is 4. The van der Waals surface area contributed by atoms with Gasteiger partial charge in [-0.2, -0.15) is 0 Å². The molecule has 0 atom stereocenters. The van der Waals surface area contributed by atoms with Gasteiger partial charge in [-0.05, 0) is 33.6 Å². The van der Waals surface area contributed by atoms with Crippen LogP contribution in [0.25, 0.3) is 0 Å². The Morgan fingerprint density at radius 1 is 1.25 bits per heavy atom. The molecule has 1 heterocycles. The number of hydrogen-bond donors (Lipinski definition) is 2. The third-order valence-corrected chi connectivity index (χ3v) is 2.70. The molecule has 0 unspecified atom stereocenters. The number of halogens is 1. The summed E-state index contributed by atoms with van der Waals surface area (Å²) in [5.41, 5.74) is 7.60. The van der Waals surface area contributed by atoms with Crippen LogP contribution in [0.2, 0.25) is 0 Å². The lowest BCUT2D eigenvalue weighted by Gasteiger charge is -2.07. The molecule has 0 saturated heterocycles. The summed E-state index contributed by atoms with van der Waals surface area (Å²) in [5, 5.41) is 3.18. The molecule has 2 rings (SSSR count). The molecule has 4 nitrogen and oxygen atoms in total. The quantitative estimate of drug-likeness (QED) is 0.905. The van der Waals surface area contributed by atoms with Gasteiger partial charge in [-0.25, -0.2) is 9.97 Å². The van der Waals surface area contributed by atoms with Crippen molar-refractivity contribution in [1.29, 1.82) is 0 Å². The maximum atomic E-state index is 5.53. The Balaban J connectivity index is 2.18. The molecular weight excluding hydrogens is 268 g/mol. The number of nitrogens with one attached hydrogen (secondary N) is 1. The van der Waals surface area contributed by atoms with E-state index in [9.17, 15) is 0 Å². The van der Waals surface area contributed by atoms with Gasteiger partial charge in [0.2, 0.25) is 0 Å². The summed E-state index contributed by atoms with van der Waals surface area (Å²) in [7, 11) is 0. The number of benzene rings is 1. The number of anilines is 2. The van der Waals surface area contributed by atoms with E-state index in [0.717, 1.165) is 21.5 Å². The van der Waals surface area contributed by atoms with Gasteiger partial charge in [0.05, 0.1) is 4.47 Å². The Morgan fingerprint density at radius 2 is 2.00 bits per heavy atom. The summed E-state index contributed by atoms with van der Waals surface area (Å²) >= 11 is 3.37. The van der Waals surface area contributed by atoms with Crippen molar-refractivity contribution in [3.05, 3.63) is 46.8 Å². The fraction of sp³-hybridized carbons (Fsp3) is 0.0909. The highest BCUT2D eigenvalue weighted by Gasteiger charge is 2.00. The number of aromatic nitrogens is 2. The van der Waals surface area contributed by atoms with E-state index in [1.165, 1.54) is 6.33 Å². The van der Waals surface area contributed by atoms with Crippen LogP contribution in [0.3, 0.4) is 0 Å². The van der Waals surface area contributed by atoms with Crippen LogP contribution in [0.1, 0.15) is 5.56 Å². The molecule has 2 aromatic rings. The van der Waals surface area contributed by atoms with Gasteiger partial charge in [0.25, 0.3) is 0 Å². The Labute approximate surface area is 102 Å². The summed E-state index contributed by atoms with van der Waals surface area (Å²) in [4.78, 5) is 8.02.